The van der Waals surface area contributed by atoms with Gasteiger partial charge in [0.15, 0.2) is 0 Å². The maximum atomic E-state index is 5.89. The Labute approximate surface area is 103 Å². The zero-order valence-corrected chi connectivity index (χ0v) is 10.4. The van der Waals surface area contributed by atoms with Crippen molar-refractivity contribution in [1.82, 2.24) is 0 Å². The summed E-state index contributed by atoms with van der Waals surface area (Å²) in [6.07, 6.45) is 2.03. The molecule has 2 rings (SSSR count). The zero-order valence-electron chi connectivity index (χ0n) is 10.4. The number of ether oxygens (including phenoxy) is 1. The highest BCUT2D eigenvalue weighted by atomic mass is 16.5. The van der Waals surface area contributed by atoms with Crippen LogP contribution in [0.3, 0.4) is 0 Å². The minimum atomic E-state index is 0.774. The Bertz CT molecular complexity index is 474. The second-order valence-electron chi connectivity index (χ2n) is 3.93. The highest BCUT2D eigenvalue weighted by Gasteiger charge is 2.07. The molecule has 0 spiro atoms. The highest BCUT2D eigenvalue weighted by Crippen LogP contribution is 2.28. The van der Waals surface area contributed by atoms with Crippen LogP contribution in [-0.4, -0.2) is 0 Å². The summed E-state index contributed by atoms with van der Waals surface area (Å²) >= 11 is 0. The van der Waals surface area contributed by atoms with Crippen molar-refractivity contribution in [1.29, 1.82) is 0 Å². The quantitative estimate of drug-likeness (QED) is 0.749. The van der Waals surface area contributed by atoms with Crippen molar-refractivity contribution in [2.75, 3.05) is 0 Å². The van der Waals surface area contributed by atoms with Crippen LogP contribution in [0, 0.1) is 6.07 Å². The van der Waals surface area contributed by atoms with Gasteiger partial charge in [-0.3, -0.25) is 0 Å². The molecule has 17 heavy (non-hydrogen) atoms. The molecule has 0 saturated carbocycles. The standard InChI is InChI=1S/C16H17O/c1-3-13-9-8-12-16(15(13)4-2)17-14-10-6-5-7-11-14/h5-10,12H,3-4H2,1-2H3. The van der Waals surface area contributed by atoms with Gasteiger partial charge in [0.25, 0.3) is 0 Å². The van der Waals surface area contributed by atoms with Crippen molar-refractivity contribution < 1.29 is 4.74 Å². The summed E-state index contributed by atoms with van der Waals surface area (Å²) in [6.45, 7) is 4.34. The fourth-order valence-corrected chi connectivity index (χ4v) is 2.00. The summed E-state index contributed by atoms with van der Waals surface area (Å²) in [7, 11) is 0. The lowest BCUT2D eigenvalue weighted by Gasteiger charge is -2.13. The van der Waals surface area contributed by atoms with Crippen LogP contribution >= 0.6 is 0 Å². The molecular weight excluding hydrogens is 208 g/mol. The number of rotatable bonds is 4. The number of aryl methyl sites for hydroxylation is 1. The van der Waals surface area contributed by atoms with Crippen LogP contribution in [0.4, 0.5) is 0 Å². The Hall–Kier alpha value is -1.76. The molecule has 0 aliphatic rings. The molecule has 0 fully saturated rings. The molecule has 87 valence electrons. The molecule has 0 amide bonds. The van der Waals surface area contributed by atoms with E-state index >= 15 is 0 Å². The predicted molar refractivity (Wildman–Crippen MR) is 70.6 cm³/mol. The molecule has 1 radical (unpaired) electrons. The van der Waals surface area contributed by atoms with Crippen molar-refractivity contribution in [2.45, 2.75) is 26.7 Å². The molecule has 0 atom stereocenters. The predicted octanol–water partition coefficient (Wildman–Crippen LogP) is 4.40. The normalized spacial score (nSPS) is 10.2. The van der Waals surface area contributed by atoms with Crippen LogP contribution in [0.5, 0.6) is 11.5 Å². The first-order chi connectivity index (χ1) is 8.35. The van der Waals surface area contributed by atoms with Gasteiger partial charge in [0.05, 0.1) is 0 Å². The minimum absolute atomic E-state index is 0.774. The highest BCUT2D eigenvalue weighted by molar-refractivity contribution is 5.42. The number of hydrogen-bond acceptors (Lipinski definition) is 1. The van der Waals surface area contributed by atoms with Crippen molar-refractivity contribution in [2.24, 2.45) is 0 Å². The van der Waals surface area contributed by atoms with Gasteiger partial charge in [-0.15, -0.1) is 0 Å². The Morgan fingerprint density at radius 2 is 1.88 bits per heavy atom. The van der Waals surface area contributed by atoms with E-state index in [1.54, 1.807) is 0 Å². The van der Waals surface area contributed by atoms with Crippen LogP contribution < -0.4 is 4.74 Å². The van der Waals surface area contributed by atoms with Gasteiger partial charge >= 0.3 is 0 Å². The number of benzene rings is 2. The first-order valence-corrected chi connectivity index (χ1v) is 6.10. The van der Waals surface area contributed by atoms with Gasteiger partial charge in [0.2, 0.25) is 0 Å². The molecule has 0 heterocycles. The summed E-state index contributed by atoms with van der Waals surface area (Å²) in [5.41, 5.74) is 2.66. The minimum Gasteiger partial charge on any atom is -0.456 e. The fraction of sp³-hybridized carbons (Fsp3) is 0.250. The third kappa shape index (κ3) is 2.68. The Morgan fingerprint density at radius 3 is 2.53 bits per heavy atom. The summed E-state index contributed by atoms with van der Waals surface area (Å²) in [6, 6.07) is 17.0. The van der Waals surface area contributed by atoms with E-state index in [0.717, 1.165) is 24.3 Å². The first-order valence-electron chi connectivity index (χ1n) is 6.10. The van der Waals surface area contributed by atoms with E-state index in [2.05, 4.69) is 32.0 Å². The lowest BCUT2D eigenvalue weighted by Crippen LogP contribution is -1.95. The average Bonchev–Trinajstić information content (AvgIpc) is 2.39. The second kappa shape index (κ2) is 5.53. The van der Waals surface area contributed by atoms with Crippen molar-refractivity contribution in [3.8, 4) is 11.5 Å². The molecule has 2 aromatic carbocycles. The fourth-order valence-electron chi connectivity index (χ4n) is 2.00. The van der Waals surface area contributed by atoms with E-state index in [1.165, 1.54) is 11.1 Å². The molecule has 1 nitrogen and oxygen atoms in total. The van der Waals surface area contributed by atoms with Crippen molar-refractivity contribution in [3.63, 3.8) is 0 Å². The van der Waals surface area contributed by atoms with Crippen LogP contribution in [0.25, 0.3) is 0 Å². The van der Waals surface area contributed by atoms with Crippen LogP contribution in [0.2, 0.25) is 0 Å². The third-order valence-electron chi connectivity index (χ3n) is 2.86. The van der Waals surface area contributed by atoms with Crippen LogP contribution in [-0.2, 0) is 12.8 Å². The molecule has 0 aliphatic heterocycles. The largest absolute Gasteiger partial charge is 0.456 e. The summed E-state index contributed by atoms with van der Waals surface area (Å²) in [5, 5.41) is 0. The molecule has 1 heteroatoms. The second-order valence-corrected chi connectivity index (χ2v) is 3.93. The maximum absolute atomic E-state index is 5.89. The van der Waals surface area contributed by atoms with E-state index in [4.69, 9.17) is 4.74 Å². The van der Waals surface area contributed by atoms with Crippen molar-refractivity contribution in [3.05, 3.63) is 59.7 Å². The van der Waals surface area contributed by atoms with E-state index in [0.29, 0.717) is 0 Å². The van der Waals surface area contributed by atoms with Gasteiger partial charge < -0.3 is 4.74 Å². The molecule has 0 saturated heterocycles. The average molecular weight is 225 g/mol. The van der Waals surface area contributed by atoms with Gasteiger partial charge in [-0.2, -0.15) is 0 Å². The van der Waals surface area contributed by atoms with Gasteiger partial charge in [0, 0.05) is 6.07 Å². The van der Waals surface area contributed by atoms with E-state index in [9.17, 15) is 0 Å². The zero-order chi connectivity index (χ0) is 12.1. The molecule has 0 unspecified atom stereocenters. The Morgan fingerprint density at radius 1 is 1.00 bits per heavy atom. The molecule has 0 bridgehead atoms. The molecule has 2 aromatic rings. The topological polar surface area (TPSA) is 9.23 Å². The number of hydrogen-bond donors (Lipinski definition) is 0. The Kier molecular flexibility index (Phi) is 3.81. The molecular formula is C16H17O. The lowest BCUT2D eigenvalue weighted by atomic mass is 10.0. The lowest BCUT2D eigenvalue weighted by molar-refractivity contribution is 0.475. The molecule has 0 N–H and O–H groups in total. The monoisotopic (exact) mass is 225 g/mol. The summed E-state index contributed by atoms with van der Waals surface area (Å²) in [5.74, 6) is 1.73. The van der Waals surface area contributed by atoms with E-state index in [1.807, 2.05) is 30.3 Å². The van der Waals surface area contributed by atoms with E-state index in [-0.39, 0.29) is 0 Å². The summed E-state index contributed by atoms with van der Waals surface area (Å²) < 4.78 is 5.89. The van der Waals surface area contributed by atoms with Gasteiger partial charge in [-0.25, -0.2) is 0 Å². The first kappa shape index (κ1) is 11.7. The van der Waals surface area contributed by atoms with Gasteiger partial charge in [0.1, 0.15) is 11.5 Å². The third-order valence-corrected chi connectivity index (χ3v) is 2.86. The van der Waals surface area contributed by atoms with Gasteiger partial charge in [-0.05, 0) is 36.1 Å². The molecule has 0 aromatic heterocycles. The van der Waals surface area contributed by atoms with E-state index < -0.39 is 0 Å². The smallest absolute Gasteiger partial charge is 0.135 e. The number of para-hydroxylation sites is 1. The Balaban J connectivity index is 2.33. The molecule has 0 aliphatic carbocycles. The SMILES string of the molecule is CCc1cccc(Oc2[c]cccc2)c1CC. The van der Waals surface area contributed by atoms with Crippen molar-refractivity contribution >= 4 is 0 Å². The maximum Gasteiger partial charge on any atom is 0.135 e. The van der Waals surface area contributed by atoms with Crippen LogP contribution in [0.15, 0.2) is 42.5 Å². The van der Waals surface area contributed by atoms with Gasteiger partial charge in [-0.1, -0.05) is 44.2 Å². The summed E-state index contributed by atoms with van der Waals surface area (Å²) in [4.78, 5) is 0. The van der Waals surface area contributed by atoms with Crippen LogP contribution in [0.1, 0.15) is 25.0 Å².